The molecule has 0 saturated carbocycles. The van der Waals surface area contributed by atoms with Crippen LogP contribution in [0.4, 0.5) is 0 Å². The summed E-state index contributed by atoms with van der Waals surface area (Å²) in [5.41, 5.74) is 5.91. The zero-order valence-corrected chi connectivity index (χ0v) is 9.20. The smallest absolute Gasteiger partial charge is 0.159 e. The third-order valence-corrected chi connectivity index (χ3v) is 2.67. The minimum Gasteiger partial charge on any atom is -0.395 e. The number of H-pyrrole nitrogens is 1. The summed E-state index contributed by atoms with van der Waals surface area (Å²) in [6.07, 6.45) is 0. The van der Waals surface area contributed by atoms with Gasteiger partial charge in [0.05, 0.1) is 16.8 Å². The first kappa shape index (κ1) is 11.3. The van der Waals surface area contributed by atoms with E-state index in [0.717, 1.165) is 9.47 Å². The zero-order valence-electron chi connectivity index (χ0n) is 7.56. The second-order valence-corrected chi connectivity index (χ2v) is 4.24. The number of aromatic nitrogens is 1. The molecular weight excluding hydrogens is 216 g/mol. The van der Waals surface area contributed by atoms with Crippen LogP contribution in [0.5, 0.6) is 0 Å². The van der Waals surface area contributed by atoms with E-state index in [2.05, 4.69) is 11.1 Å². The van der Waals surface area contributed by atoms with E-state index in [-0.39, 0.29) is 6.61 Å². The van der Waals surface area contributed by atoms with Gasteiger partial charge in [-0.1, -0.05) is 12.1 Å². The van der Waals surface area contributed by atoms with Crippen molar-refractivity contribution < 1.29 is 5.11 Å². The molecule has 0 atom stereocenters. The van der Waals surface area contributed by atoms with Crippen LogP contribution in [0.15, 0.2) is 24.3 Å². The predicted octanol–water partition coefficient (Wildman–Crippen LogP) is 1.90. The molecule has 0 aliphatic rings. The van der Waals surface area contributed by atoms with Gasteiger partial charge in [-0.15, -0.1) is 11.3 Å². The first-order valence-corrected chi connectivity index (χ1v) is 5.39. The lowest BCUT2D eigenvalue weighted by atomic mass is 10.3. The van der Waals surface area contributed by atoms with Crippen LogP contribution in [0.2, 0.25) is 0 Å². The lowest BCUT2D eigenvalue weighted by Gasteiger charge is -1.81. The summed E-state index contributed by atoms with van der Waals surface area (Å²) in [5.74, 6) is 0. The number of rotatable bonds is 1. The Morgan fingerprint density at radius 2 is 2.07 bits per heavy atom. The van der Waals surface area contributed by atoms with Crippen LogP contribution < -0.4 is 5.73 Å². The van der Waals surface area contributed by atoms with Crippen molar-refractivity contribution in [2.45, 2.75) is 0 Å². The molecule has 2 rings (SSSR count). The van der Waals surface area contributed by atoms with Crippen LogP contribution >= 0.6 is 23.6 Å². The highest BCUT2D eigenvalue weighted by molar-refractivity contribution is 7.73. The Morgan fingerprint density at radius 1 is 1.43 bits per heavy atom. The quantitative estimate of drug-likeness (QED) is 0.653. The monoisotopic (exact) mass is 228 g/mol. The van der Waals surface area contributed by atoms with Crippen LogP contribution in [0.1, 0.15) is 0 Å². The van der Waals surface area contributed by atoms with Gasteiger partial charge in [0.1, 0.15) is 0 Å². The van der Waals surface area contributed by atoms with Gasteiger partial charge in [0.2, 0.25) is 0 Å². The summed E-state index contributed by atoms with van der Waals surface area (Å²) < 4.78 is 2.08. The molecule has 0 amide bonds. The number of aliphatic hydroxyl groups excluding tert-OH is 1. The number of aliphatic hydroxyl groups is 1. The van der Waals surface area contributed by atoms with Gasteiger partial charge in [-0.05, 0) is 24.4 Å². The molecule has 4 N–H and O–H groups in total. The lowest BCUT2D eigenvalue weighted by Crippen LogP contribution is -2.02. The maximum atomic E-state index is 7.75. The second kappa shape index (κ2) is 5.87. The predicted molar refractivity (Wildman–Crippen MR) is 63.1 cm³/mol. The molecule has 2 aromatic rings. The first-order chi connectivity index (χ1) is 6.77. The van der Waals surface area contributed by atoms with Crippen molar-refractivity contribution in [2.24, 2.45) is 5.73 Å². The van der Waals surface area contributed by atoms with Gasteiger partial charge in [-0.2, -0.15) is 0 Å². The molecule has 0 unspecified atom stereocenters. The summed E-state index contributed by atoms with van der Waals surface area (Å²) in [7, 11) is 0. The lowest BCUT2D eigenvalue weighted by molar-refractivity contribution is 0.306. The zero-order chi connectivity index (χ0) is 10.4. The Bertz CT molecular complexity index is 397. The number of aromatic amines is 1. The molecule has 0 radical (unpaired) electrons. The SMILES string of the molecule is NCCO.S=c1[nH]c2ccccc2s1. The number of hydrogen-bond donors (Lipinski definition) is 3. The minimum atomic E-state index is 0.0972. The standard InChI is InChI=1S/C7H5NS2.C2H7NO/c9-7-8-5-3-1-2-4-6(5)10-7;3-1-2-4/h1-4H,(H,8,9);4H,1-3H2. The van der Waals surface area contributed by atoms with E-state index in [1.54, 1.807) is 11.3 Å². The molecule has 0 aliphatic heterocycles. The fourth-order valence-corrected chi connectivity index (χ4v) is 2.01. The van der Waals surface area contributed by atoms with Crippen LogP contribution in [0.3, 0.4) is 0 Å². The summed E-state index contributed by atoms with van der Waals surface area (Å²) in [6.45, 7) is 0.472. The molecule has 5 heteroatoms. The molecule has 76 valence electrons. The highest BCUT2D eigenvalue weighted by atomic mass is 32.1. The van der Waals surface area contributed by atoms with E-state index in [1.807, 2.05) is 18.2 Å². The Labute approximate surface area is 91.2 Å². The maximum absolute atomic E-state index is 7.75. The summed E-state index contributed by atoms with van der Waals surface area (Å²) in [4.78, 5) is 3.09. The van der Waals surface area contributed by atoms with Crippen molar-refractivity contribution in [1.29, 1.82) is 0 Å². The second-order valence-electron chi connectivity index (χ2n) is 2.52. The normalized spacial score (nSPS) is 9.57. The van der Waals surface area contributed by atoms with E-state index in [1.165, 1.54) is 4.70 Å². The molecule has 0 bridgehead atoms. The number of para-hydroxylation sites is 1. The fourth-order valence-electron chi connectivity index (χ4n) is 0.894. The summed E-state index contributed by atoms with van der Waals surface area (Å²) in [6, 6.07) is 8.11. The molecule has 0 aliphatic carbocycles. The molecule has 1 heterocycles. The number of thiazole rings is 1. The van der Waals surface area contributed by atoms with Crippen molar-refractivity contribution in [3.8, 4) is 0 Å². The third-order valence-electron chi connectivity index (χ3n) is 1.46. The van der Waals surface area contributed by atoms with Gasteiger partial charge in [-0.3, -0.25) is 0 Å². The van der Waals surface area contributed by atoms with Crippen LogP contribution in [0, 0.1) is 3.95 Å². The van der Waals surface area contributed by atoms with E-state index in [0.29, 0.717) is 6.54 Å². The molecule has 0 saturated heterocycles. The molecule has 0 spiro atoms. The van der Waals surface area contributed by atoms with Crippen LogP contribution in [0.25, 0.3) is 10.2 Å². The van der Waals surface area contributed by atoms with Crippen LogP contribution in [-0.2, 0) is 0 Å². The fraction of sp³-hybridized carbons (Fsp3) is 0.222. The molecule has 0 fully saturated rings. The van der Waals surface area contributed by atoms with Gasteiger partial charge in [-0.25, -0.2) is 0 Å². The molecule has 14 heavy (non-hydrogen) atoms. The highest BCUT2D eigenvalue weighted by Crippen LogP contribution is 2.17. The van der Waals surface area contributed by atoms with Gasteiger partial charge in [0.15, 0.2) is 3.95 Å². The minimum absolute atomic E-state index is 0.0972. The van der Waals surface area contributed by atoms with Crippen molar-refractivity contribution in [1.82, 2.24) is 4.98 Å². The number of nitrogens with two attached hydrogens (primary N) is 1. The van der Waals surface area contributed by atoms with Gasteiger partial charge in [0.25, 0.3) is 0 Å². The Kier molecular flexibility index (Phi) is 4.75. The van der Waals surface area contributed by atoms with Gasteiger partial charge < -0.3 is 15.8 Å². The summed E-state index contributed by atoms with van der Waals surface area (Å²) >= 11 is 6.59. The van der Waals surface area contributed by atoms with E-state index in [9.17, 15) is 0 Å². The summed E-state index contributed by atoms with van der Waals surface area (Å²) in [5, 5.41) is 7.75. The number of nitrogens with one attached hydrogen (secondary N) is 1. The topological polar surface area (TPSA) is 62.0 Å². The highest BCUT2D eigenvalue weighted by Gasteiger charge is 1.91. The van der Waals surface area contributed by atoms with Gasteiger partial charge in [0, 0.05) is 6.54 Å². The average molecular weight is 228 g/mol. The Hall–Kier alpha value is -0.750. The van der Waals surface area contributed by atoms with Crippen LogP contribution in [-0.4, -0.2) is 23.2 Å². The van der Waals surface area contributed by atoms with Crippen molar-refractivity contribution >= 4 is 33.8 Å². The van der Waals surface area contributed by atoms with Gasteiger partial charge >= 0.3 is 0 Å². The van der Waals surface area contributed by atoms with E-state index < -0.39 is 0 Å². The van der Waals surface area contributed by atoms with Crippen molar-refractivity contribution in [3.63, 3.8) is 0 Å². The van der Waals surface area contributed by atoms with Crippen molar-refractivity contribution in [3.05, 3.63) is 28.2 Å². The Morgan fingerprint density at radius 3 is 2.64 bits per heavy atom. The number of benzene rings is 1. The molecule has 3 nitrogen and oxygen atoms in total. The van der Waals surface area contributed by atoms with E-state index in [4.69, 9.17) is 23.1 Å². The third kappa shape index (κ3) is 3.19. The molecule has 1 aromatic heterocycles. The molecule has 1 aromatic carbocycles. The average Bonchev–Trinajstić information content (AvgIpc) is 2.58. The van der Waals surface area contributed by atoms with Crippen molar-refractivity contribution in [2.75, 3.05) is 13.2 Å². The molecular formula is C9H12N2OS2. The van der Waals surface area contributed by atoms with E-state index >= 15 is 0 Å². The maximum Gasteiger partial charge on any atom is 0.159 e. The Balaban J connectivity index is 0.000000213. The number of fused-ring (bicyclic) bond motifs is 1. The number of hydrogen-bond acceptors (Lipinski definition) is 4. The first-order valence-electron chi connectivity index (χ1n) is 4.16. The largest absolute Gasteiger partial charge is 0.395 e.